The summed E-state index contributed by atoms with van der Waals surface area (Å²) in [7, 11) is 0. The van der Waals surface area contributed by atoms with Crippen LogP contribution in [-0.4, -0.2) is 5.11 Å². The molecule has 294 valence electrons. The number of phenolic OH excluding ortho intramolecular Hbond substituents is 1. The third-order valence-corrected chi connectivity index (χ3v) is 12.1. The summed E-state index contributed by atoms with van der Waals surface area (Å²) in [5, 5.41) is 17.4. The molecule has 0 aliphatic heterocycles. The maximum absolute atomic E-state index is 10.9. The predicted octanol–water partition coefficient (Wildman–Crippen LogP) is 16.2. The van der Waals surface area contributed by atoms with E-state index in [1.54, 1.807) is 6.07 Å². The van der Waals surface area contributed by atoms with Gasteiger partial charge in [-0.15, -0.1) is 0 Å². The Kier molecular flexibility index (Phi) is 8.46. The summed E-state index contributed by atoms with van der Waals surface area (Å²) in [6.07, 6.45) is 0. The van der Waals surface area contributed by atoms with Gasteiger partial charge in [0.25, 0.3) is 0 Å². The van der Waals surface area contributed by atoms with E-state index in [1.807, 2.05) is 36.4 Å². The highest BCUT2D eigenvalue weighted by Crippen LogP contribution is 2.49. The first-order valence-corrected chi connectivity index (χ1v) is 20.7. The average Bonchev–Trinajstić information content (AvgIpc) is 3.85. The van der Waals surface area contributed by atoms with Crippen LogP contribution >= 0.6 is 0 Å². The van der Waals surface area contributed by atoms with Gasteiger partial charge in [0.1, 0.15) is 22.5 Å². The summed E-state index contributed by atoms with van der Waals surface area (Å²) in [6, 6.07) is 61.1. The van der Waals surface area contributed by atoms with E-state index in [1.165, 1.54) is 5.56 Å². The Morgan fingerprint density at radius 1 is 0.393 bits per heavy atom. The van der Waals surface area contributed by atoms with Crippen molar-refractivity contribution in [2.75, 3.05) is 9.80 Å². The van der Waals surface area contributed by atoms with Crippen LogP contribution < -0.4 is 9.80 Å². The minimum atomic E-state index is 0.247. The van der Waals surface area contributed by atoms with E-state index in [0.29, 0.717) is 0 Å². The third-order valence-electron chi connectivity index (χ3n) is 12.1. The number of aromatic hydroxyl groups is 1. The molecule has 0 bridgehead atoms. The number of furan rings is 2. The second kappa shape index (κ2) is 14.2. The molecule has 11 rings (SSSR count). The van der Waals surface area contributed by atoms with E-state index in [0.717, 1.165) is 117 Å². The number of aryl methyl sites for hydroxylation is 4. The zero-order valence-electron chi connectivity index (χ0n) is 34.4. The number of hydrogen-bond acceptors (Lipinski definition) is 5. The van der Waals surface area contributed by atoms with Crippen LogP contribution in [0.5, 0.6) is 5.75 Å². The Hall–Kier alpha value is -7.76. The molecule has 0 saturated carbocycles. The summed E-state index contributed by atoms with van der Waals surface area (Å²) >= 11 is 0. The number of para-hydroxylation sites is 3. The van der Waals surface area contributed by atoms with E-state index < -0.39 is 0 Å². The van der Waals surface area contributed by atoms with Crippen molar-refractivity contribution in [1.29, 1.82) is 0 Å². The second-order valence-corrected chi connectivity index (χ2v) is 16.2. The molecule has 0 aliphatic rings. The second-order valence-electron chi connectivity index (χ2n) is 16.2. The standard InChI is InChI=1S/C56H42N2O3/c1-34-23-25-36(3)48(29-34)57(47-20-12-19-45-43-17-8-10-22-52(43)61-56(45)47)40-27-28-46-53(32-40)60-54-33-50(42-16-5-6-18-44(42)55(46)54)58(49-30-35(2)24-26-37(49)4)39-14-11-13-38(31-39)41-15-7-9-21-51(41)59/h5-33,59H,1-4H3. The zero-order chi connectivity index (χ0) is 41.4. The van der Waals surface area contributed by atoms with Gasteiger partial charge in [-0.1, -0.05) is 109 Å². The number of rotatable bonds is 7. The molecule has 0 fully saturated rings. The van der Waals surface area contributed by atoms with Gasteiger partial charge in [0, 0.05) is 61.7 Å². The summed E-state index contributed by atoms with van der Waals surface area (Å²) in [5.41, 5.74) is 15.7. The Morgan fingerprint density at radius 2 is 1.03 bits per heavy atom. The van der Waals surface area contributed by atoms with Gasteiger partial charge in [0.2, 0.25) is 0 Å². The largest absolute Gasteiger partial charge is 0.507 e. The molecule has 5 heteroatoms. The minimum absolute atomic E-state index is 0.247. The molecular weight excluding hydrogens is 749 g/mol. The lowest BCUT2D eigenvalue weighted by atomic mass is 9.99. The molecule has 9 aromatic carbocycles. The predicted molar refractivity (Wildman–Crippen MR) is 254 cm³/mol. The van der Waals surface area contributed by atoms with Crippen LogP contribution in [0.2, 0.25) is 0 Å². The first-order valence-electron chi connectivity index (χ1n) is 20.7. The van der Waals surface area contributed by atoms with Gasteiger partial charge in [-0.2, -0.15) is 0 Å². The molecule has 0 amide bonds. The van der Waals surface area contributed by atoms with Gasteiger partial charge in [0.15, 0.2) is 5.58 Å². The van der Waals surface area contributed by atoms with Crippen LogP contribution in [0.3, 0.4) is 0 Å². The monoisotopic (exact) mass is 790 g/mol. The number of fused-ring (bicyclic) bond motifs is 8. The highest BCUT2D eigenvalue weighted by molar-refractivity contribution is 6.23. The fourth-order valence-electron chi connectivity index (χ4n) is 9.11. The molecule has 2 aromatic heterocycles. The van der Waals surface area contributed by atoms with E-state index in [2.05, 4.69) is 171 Å². The molecule has 11 aromatic rings. The number of anilines is 6. The third kappa shape index (κ3) is 6.00. The smallest absolute Gasteiger partial charge is 0.159 e. The van der Waals surface area contributed by atoms with Gasteiger partial charge in [0.05, 0.1) is 17.1 Å². The van der Waals surface area contributed by atoms with Gasteiger partial charge >= 0.3 is 0 Å². The number of hydrogen-bond donors (Lipinski definition) is 1. The topological polar surface area (TPSA) is 53.0 Å². The van der Waals surface area contributed by atoms with Gasteiger partial charge in [-0.3, -0.25) is 0 Å². The van der Waals surface area contributed by atoms with Crippen molar-refractivity contribution >= 4 is 88.8 Å². The van der Waals surface area contributed by atoms with Crippen molar-refractivity contribution in [2.45, 2.75) is 27.7 Å². The van der Waals surface area contributed by atoms with E-state index in [-0.39, 0.29) is 5.75 Å². The van der Waals surface area contributed by atoms with Crippen LogP contribution in [0, 0.1) is 27.7 Å². The Morgan fingerprint density at radius 3 is 1.80 bits per heavy atom. The van der Waals surface area contributed by atoms with Crippen LogP contribution in [0.25, 0.3) is 65.8 Å². The molecule has 1 N–H and O–H groups in total. The summed E-state index contributed by atoms with van der Waals surface area (Å²) < 4.78 is 13.7. The molecule has 0 atom stereocenters. The van der Waals surface area contributed by atoms with Crippen LogP contribution in [0.1, 0.15) is 22.3 Å². The fourth-order valence-corrected chi connectivity index (χ4v) is 9.11. The van der Waals surface area contributed by atoms with Gasteiger partial charge in [-0.25, -0.2) is 0 Å². The van der Waals surface area contributed by atoms with Crippen molar-refractivity contribution in [3.63, 3.8) is 0 Å². The lowest BCUT2D eigenvalue weighted by Crippen LogP contribution is -2.12. The maximum atomic E-state index is 10.9. The quantitative estimate of drug-likeness (QED) is 0.174. The lowest BCUT2D eigenvalue weighted by Gasteiger charge is -2.29. The summed E-state index contributed by atoms with van der Waals surface area (Å²) in [6.45, 7) is 8.59. The van der Waals surface area contributed by atoms with Gasteiger partial charge < -0.3 is 23.7 Å². The molecular formula is C56H42N2O3. The first kappa shape index (κ1) is 36.3. The molecule has 2 heterocycles. The molecule has 0 saturated heterocycles. The number of phenols is 1. The van der Waals surface area contributed by atoms with Crippen LogP contribution in [-0.2, 0) is 0 Å². The van der Waals surface area contributed by atoms with Crippen molar-refractivity contribution in [1.82, 2.24) is 0 Å². The van der Waals surface area contributed by atoms with E-state index in [9.17, 15) is 5.11 Å². The number of nitrogens with zero attached hydrogens (tertiary/aromatic N) is 2. The Bertz CT molecular complexity index is 3520. The minimum Gasteiger partial charge on any atom is -0.507 e. The maximum Gasteiger partial charge on any atom is 0.159 e. The Labute approximate surface area is 353 Å². The summed E-state index contributed by atoms with van der Waals surface area (Å²) in [4.78, 5) is 4.64. The summed E-state index contributed by atoms with van der Waals surface area (Å²) in [5.74, 6) is 0.247. The molecule has 0 radical (unpaired) electrons. The van der Waals surface area contributed by atoms with Crippen molar-refractivity contribution in [3.8, 4) is 16.9 Å². The Balaban J connectivity index is 1.14. The van der Waals surface area contributed by atoms with Gasteiger partial charge in [-0.05, 0) is 115 Å². The lowest BCUT2D eigenvalue weighted by molar-refractivity contribution is 0.477. The molecule has 5 nitrogen and oxygen atoms in total. The van der Waals surface area contributed by atoms with E-state index in [4.69, 9.17) is 8.83 Å². The first-order chi connectivity index (χ1) is 29.8. The zero-order valence-corrected chi connectivity index (χ0v) is 34.4. The highest BCUT2D eigenvalue weighted by atomic mass is 16.3. The van der Waals surface area contributed by atoms with Crippen molar-refractivity contribution in [3.05, 3.63) is 198 Å². The molecule has 0 unspecified atom stereocenters. The normalized spacial score (nSPS) is 11.7. The molecule has 61 heavy (non-hydrogen) atoms. The van der Waals surface area contributed by atoms with Crippen LogP contribution in [0.15, 0.2) is 185 Å². The van der Waals surface area contributed by atoms with Crippen LogP contribution in [0.4, 0.5) is 34.1 Å². The molecule has 0 aliphatic carbocycles. The highest BCUT2D eigenvalue weighted by Gasteiger charge is 2.25. The average molecular weight is 791 g/mol. The SMILES string of the molecule is Cc1ccc(C)c(N(c2cccc(-c3ccccc3O)c2)c2cc3oc4cc(N(c5cc(C)ccc5C)c5cccc6c5oc5ccccc56)ccc4c3c3ccccc23)c1. The van der Waals surface area contributed by atoms with Crippen molar-refractivity contribution < 1.29 is 13.9 Å². The van der Waals surface area contributed by atoms with E-state index >= 15 is 0 Å². The van der Waals surface area contributed by atoms with Crippen molar-refractivity contribution in [2.24, 2.45) is 0 Å². The number of benzene rings is 9. The molecule has 0 spiro atoms. The fraction of sp³-hybridized carbons (Fsp3) is 0.0714.